The maximum Gasteiger partial charge on any atom is 0.263 e. The highest BCUT2D eigenvalue weighted by molar-refractivity contribution is 5.81. The van der Waals surface area contributed by atoms with Gasteiger partial charge in [0.1, 0.15) is 5.75 Å². The lowest BCUT2D eigenvalue weighted by molar-refractivity contribution is -0.136. The maximum absolute atomic E-state index is 12.1. The van der Waals surface area contributed by atoms with Crippen LogP contribution < -0.4 is 10.5 Å². The van der Waals surface area contributed by atoms with Gasteiger partial charge < -0.3 is 15.4 Å². The van der Waals surface area contributed by atoms with Gasteiger partial charge in [0.15, 0.2) is 6.10 Å². The van der Waals surface area contributed by atoms with E-state index in [2.05, 4.69) is 0 Å². The monoisotopic (exact) mass is 262 g/mol. The number of benzene rings is 1. The lowest BCUT2D eigenvalue weighted by Gasteiger charge is -2.21. The summed E-state index contributed by atoms with van der Waals surface area (Å²) in [5, 5.41) is 0. The van der Waals surface area contributed by atoms with Gasteiger partial charge in [-0.05, 0) is 50.4 Å². The standard InChI is InChI=1S/C15H22N2O2/c1-12(15(18)17-9-2-3-10-17)19-14-6-4-5-13(11-14)7-8-16/h4-6,11-12H,2-3,7-10,16H2,1H3. The Labute approximate surface area is 114 Å². The highest BCUT2D eigenvalue weighted by Crippen LogP contribution is 2.17. The van der Waals surface area contributed by atoms with Gasteiger partial charge in [-0.3, -0.25) is 4.79 Å². The van der Waals surface area contributed by atoms with Crippen molar-refractivity contribution in [2.45, 2.75) is 32.3 Å². The van der Waals surface area contributed by atoms with E-state index in [1.807, 2.05) is 36.1 Å². The molecule has 1 fully saturated rings. The van der Waals surface area contributed by atoms with E-state index >= 15 is 0 Å². The van der Waals surface area contributed by atoms with Crippen LogP contribution in [0.15, 0.2) is 24.3 Å². The van der Waals surface area contributed by atoms with Crippen LogP contribution in [0.2, 0.25) is 0 Å². The van der Waals surface area contributed by atoms with E-state index in [9.17, 15) is 4.79 Å². The Hall–Kier alpha value is -1.55. The fraction of sp³-hybridized carbons (Fsp3) is 0.533. The minimum absolute atomic E-state index is 0.0849. The van der Waals surface area contributed by atoms with Gasteiger partial charge in [0.25, 0.3) is 5.91 Å². The van der Waals surface area contributed by atoms with Gasteiger partial charge in [0, 0.05) is 13.1 Å². The van der Waals surface area contributed by atoms with Gasteiger partial charge in [-0.25, -0.2) is 0 Å². The normalized spacial score (nSPS) is 16.4. The predicted molar refractivity (Wildman–Crippen MR) is 75.1 cm³/mol. The fourth-order valence-electron chi connectivity index (χ4n) is 2.39. The van der Waals surface area contributed by atoms with Crippen molar-refractivity contribution in [2.75, 3.05) is 19.6 Å². The highest BCUT2D eigenvalue weighted by Gasteiger charge is 2.24. The average molecular weight is 262 g/mol. The van der Waals surface area contributed by atoms with Crippen LogP contribution in [0.5, 0.6) is 5.75 Å². The molecule has 104 valence electrons. The maximum atomic E-state index is 12.1. The Morgan fingerprint density at radius 1 is 1.42 bits per heavy atom. The van der Waals surface area contributed by atoms with Crippen molar-refractivity contribution in [1.82, 2.24) is 4.90 Å². The number of nitrogens with two attached hydrogens (primary N) is 1. The van der Waals surface area contributed by atoms with E-state index in [1.165, 1.54) is 0 Å². The van der Waals surface area contributed by atoms with Crippen molar-refractivity contribution in [3.8, 4) is 5.75 Å². The topological polar surface area (TPSA) is 55.6 Å². The summed E-state index contributed by atoms with van der Waals surface area (Å²) < 4.78 is 5.74. The number of amides is 1. The molecule has 1 aliphatic rings. The van der Waals surface area contributed by atoms with Gasteiger partial charge in [-0.1, -0.05) is 12.1 Å². The summed E-state index contributed by atoms with van der Waals surface area (Å²) in [5.41, 5.74) is 6.68. The molecular formula is C15H22N2O2. The summed E-state index contributed by atoms with van der Waals surface area (Å²) in [5.74, 6) is 0.827. The van der Waals surface area contributed by atoms with E-state index in [1.54, 1.807) is 0 Å². The Morgan fingerprint density at radius 2 is 2.16 bits per heavy atom. The summed E-state index contributed by atoms with van der Waals surface area (Å²) in [4.78, 5) is 14.0. The number of nitrogens with zero attached hydrogens (tertiary/aromatic N) is 1. The SMILES string of the molecule is CC(Oc1cccc(CCN)c1)C(=O)N1CCCC1. The lowest BCUT2D eigenvalue weighted by Crippen LogP contribution is -2.38. The second kappa shape index (κ2) is 6.57. The van der Waals surface area contributed by atoms with Crippen LogP contribution in [0.3, 0.4) is 0 Å². The smallest absolute Gasteiger partial charge is 0.263 e. The molecule has 1 aromatic rings. The Balaban J connectivity index is 1.95. The number of likely N-dealkylation sites (tertiary alicyclic amines) is 1. The number of carbonyl (C=O) groups excluding carboxylic acids is 1. The van der Waals surface area contributed by atoms with Crippen molar-refractivity contribution < 1.29 is 9.53 Å². The van der Waals surface area contributed by atoms with Gasteiger partial charge in [0.2, 0.25) is 0 Å². The predicted octanol–water partition coefficient (Wildman–Crippen LogP) is 1.58. The van der Waals surface area contributed by atoms with E-state index in [0.29, 0.717) is 6.54 Å². The summed E-state index contributed by atoms with van der Waals surface area (Å²) in [7, 11) is 0. The molecule has 0 aromatic heterocycles. The van der Waals surface area contributed by atoms with Crippen LogP contribution in [0.25, 0.3) is 0 Å². The first-order chi connectivity index (χ1) is 9.20. The summed E-state index contributed by atoms with van der Waals surface area (Å²) in [6.07, 6.45) is 2.60. The minimum Gasteiger partial charge on any atom is -0.481 e. The molecular weight excluding hydrogens is 240 g/mol. The molecule has 4 heteroatoms. The Kier molecular flexibility index (Phi) is 4.80. The number of carbonyl (C=O) groups is 1. The third-order valence-electron chi connectivity index (χ3n) is 3.41. The lowest BCUT2D eigenvalue weighted by atomic mass is 10.1. The van der Waals surface area contributed by atoms with Crippen LogP contribution in [-0.4, -0.2) is 36.5 Å². The second-order valence-electron chi connectivity index (χ2n) is 4.98. The molecule has 2 rings (SSSR count). The second-order valence-corrected chi connectivity index (χ2v) is 4.98. The zero-order valence-corrected chi connectivity index (χ0v) is 11.5. The molecule has 0 spiro atoms. The van der Waals surface area contributed by atoms with Gasteiger partial charge in [-0.2, -0.15) is 0 Å². The summed E-state index contributed by atoms with van der Waals surface area (Å²) in [6.45, 7) is 4.15. The Bertz CT molecular complexity index is 428. The number of hydrogen-bond donors (Lipinski definition) is 1. The molecule has 1 unspecified atom stereocenters. The molecule has 0 saturated carbocycles. The average Bonchev–Trinajstić information content (AvgIpc) is 2.92. The van der Waals surface area contributed by atoms with E-state index in [-0.39, 0.29) is 5.91 Å². The highest BCUT2D eigenvalue weighted by atomic mass is 16.5. The quantitative estimate of drug-likeness (QED) is 0.876. The van der Waals surface area contributed by atoms with Crippen LogP contribution in [0, 0.1) is 0 Å². The van der Waals surface area contributed by atoms with E-state index in [0.717, 1.165) is 43.7 Å². The van der Waals surface area contributed by atoms with Gasteiger partial charge >= 0.3 is 0 Å². The molecule has 1 atom stereocenters. The number of hydrogen-bond acceptors (Lipinski definition) is 3. The molecule has 1 aromatic carbocycles. The number of rotatable bonds is 5. The summed E-state index contributed by atoms with van der Waals surface area (Å²) in [6, 6.07) is 7.80. The molecule has 0 radical (unpaired) electrons. The first-order valence-electron chi connectivity index (χ1n) is 6.95. The molecule has 0 bridgehead atoms. The van der Waals surface area contributed by atoms with Crippen LogP contribution >= 0.6 is 0 Å². The molecule has 1 saturated heterocycles. The summed E-state index contributed by atoms with van der Waals surface area (Å²) >= 11 is 0. The van der Waals surface area contributed by atoms with Gasteiger partial charge in [0.05, 0.1) is 0 Å². The molecule has 1 heterocycles. The van der Waals surface area contributed by atoms with Crippen molar-refractivity contribution in [1.29, 1.82) is 0 Å². The largest absolute Gasteiger partial charge is 0.481 e. The molecule has 1 amide bonds. The molecule has 2 N–H and O–H groups in total. The fourth-order valence-corrected chi connectivity index (χ4v) is 2.39. The van der Waals surface area contributed by atoms with Crippen LogP contribution in [0.1, 0.15) is 25.3 Å². The zero-order valence-electron chi connectivity index (χ0n) is 11.5. The molecule has 0 aliphatic carbocycles. The van der Waals surface area contributed by atoms with Gasteiger partial charge in [-0.15, -0.1) is 0 Å². The van der Waals surface area contributed by atoms with E-state index in [4.69, 9.17) is 10.5 Å². The first kappa shape index (κ1) is 13.9. The Morgan fingerprint density at radius 3 is 2.84 bits per heavy atom. The van der Waals surface area contributed by atoms with Crippen molar-refractivity contribution in [3.63, 3.8) is 0 Å². The zero-order chi connectivity index (χ0) is 13.7. The minimum atomic E-state index is -0.425. The number of ether oxygens (including phenoxy) is 1. The molecule has 4 nitrogen and oxygen atoms in total. The third-order valence-corrected chi connectivity index (χ3v) is 3.41. The first-order valence-corrected chi connectivity index (χ1v) is 6.95. The molecule has 19 heavy (non-hydrogen) atoms. The van der Waals surface area contributed by atoms with Crippen LogP contribution in [0.4, 0.5) is 0 Å². The molecule has 1 aliphatic heterocycles. The third kappa shape index (κ3) is 3.70. The van der Waals surface area contributed by atoms with Crippen molar-refractivity contribution >= 4 is 5.91 Å². The van der Waals surface area contributed by atoms with E-state index < -0.39 is 6.10 Å². The van der Waals surface area contributed by atoms with Crippen molar-refractivity contribution in [3.05, 3.63) is 29.8 Å². The van der Waals surface area contributed by atoms with Crippen LogP contribution in [-0.2, 0) is 11.2 Å². The van der Waals surface area contributed by atoms with Crippen molar-refractivity contribution in [2.24, 2.45) is 5.73 Å².